The van der Waals surface area contributed by atoms with Gasteiger partial charge in [-0.1, -0.05) is 18.2 Å². The zero-order valence-electron chi connectivity index (χ0n) is 7.16. The second-order valence-corrected chi connectivity index (χ2v) is 2.72. The lowest BCUT2D eigenvalue weighted by Crippen LogP contribution is -2.25. The summed E-state index contributed by atoms with van der Waals surface area (Å²) in [7, 11) is 0. The summed E-state index contributed by atoms with van der Waals surface area (Å²) in [5.41, 5.74) is 6.71. The normalized spacial score (nSPS) is 11.5. The number of anilines is 1. The van der Waals surface area contributed by atoms with Crippen LogP contribution in [0.25, 0.3) is 0 Å². The Bertz CT molecular complexity index is 199. The first-order chi connectivity index (χ1) is 5.29. The highest BCUT2D eigenvalue weighted by Gasteiger charge is 1.92. The fourth-order valence-electron chi connectivity index (χ4n) is 0.835. The SMILES string of the molecule is C[C@@H](N)CNc1ccccc1.Cl. The summed E-state index contributed by atoms with van der Waals surface area (Å²) in [6.07, 6.45) is 0. The smallest absolute Gasteiger partial charge is 0.0340 e. The van der Waals surface area contributed by atoms with E-state index in [0.29, 0.717) is 0 Å². The number of para-hydroxylation sites is 1. The molecule has 0 spiro atoms. The first kappa shape index (κ1) is 11.3. The highest BCUT2D eigenvalue weighted by molar-refractivity contribution is 5.85. The number of hydrogen-bond acceptors (Lipinski definition) is 2. The summed E-state index contributed by atoms with van der Waals surface area (Å²) >= 11 is 0. The van der Waals surface area contributed by atoms with Crippen LogP contribution in [0.5, 0.6) is 0 Å². The second-order valence-electron chi connectivity index (χ2n) is 2.72. The Hall–Kier alpha value is -0.730. The van der Waals surface area contributed by atoms with E-state index in [-0.39, 0.29) is 18.4 Å². The van der Waals surface area contributed by atoms with Crippen LogP contribution in [0.15, 0.2) is 30.3 Å². The molecule has 1 aromatic rings. The number of benzene rings is 1. The van der Waals surface area contributed by atoms with E-state index in [2.05, 4.69) is 5.32 Å². The van der Waals surface area contributed by atoms with Gasteiger partial charge in [0.2, 0.25) is 0 Å². The molecule has 0 fully saturated rings. The molecule has 0 radical (unpaired) electrons. The Morgan fingerprint density at radius 1 is 1.33 bits per heavy atom. The molecular formula is C9H15ClN2. The molecule has 0 unspecified atom stereocenters. The zero-order chi connectivity index (χ0) is 8.10. The molecule has 3 N–H and O–H groups in total. The Morgan fingerprint density at radius 2 is 1.92 bits per heavy atom. The molecule has 68 valence electrons. The van der Waals surface area contributed by atoms with Crippen molar-refractivity contribution in [2.45, 2.75) is 13.0 Å². The Labute approximate surface area is 79.6 Å². The second kappa shape index (κ2) is 5.86. The third-order valence-electron chi connectivity index (χ3n) is 1.40. The molecule has 0 bridgehead atoms. The molecule has 1 atom stereocenters. The third-order valence-corrected chi connectivity index (χ3v) is 1.40. The minimum atomic E-state index is 0. The van der Waals surface area contributed by atoms with Crippen molar-refractivity contribution in [3.63, 3.8) is 0 Å². The molecule has 2 nitrogen and oxygen atoms in total. The zero-order valence-corrected chi connectivity index (χ0v) is 7.97. The summed E-state index contributed by atoms with van der Waals surface area (Å²) in [6.45, 7) is 2.81. The van der Waals surface area contributed by atoms with Crippen molar-refractivity contribution in [3.05, 3.63) is 30.3 Å². The average Bonchev–Trinajstić information content (AvgIpc) is 2.03. The van der Waals surface area contributed by atoms with Crippen molar-refractivity contribution in [2.75, 3.05) is 11.9 Å². The van der Waals surface area contributed by atoms with Gasteiger partial charge < -0.3 is 11.1 Å². The molecule has 1 rings (SSSR count). The molecule has 1 aromatic carbocycles. The van der Waals surface area contributed by atoms with Gasteiger partial charge in [0.25, 0.3) is 0 Å². The minimum absolute atomic E-state index is 0. The molecule has 12 heavy (non-hydrogen) atoms. The van der Waals surface area contributed by atoms with Gasteiger partial charge in [-0.05, 0) is 19.1 Å². The van der Waals surface area contributed by atoms with E-state index in [9.17, 15) is 0 Å². The quantitative estimate of drug-likeness (QED) is 0.757. The van der Waals surface area contributed by atoms with Crippen LogP contribution in [-0.4, -0.2) is 12.6 Å². The van der Waals surface area contributed by atoms with Crippen LogP contribution in [0.1, 0.15) is 6.92 Å². The van der Waals surface area contributed by atoms with E-state index < -0.39 is 0 Å². The van der Waals surface area contributed by atoms with Crippen molar-refractivity contribution in [3.8, 4) is 0 Å². The van der Waals surface area contributed by atoms with Crippen molar-refractivity contribution in [2.24, 2.45) is 5.73 Å². The molecule has 0 aromatic heterocycles. The number of hydrogen-bond donors (Lipinski definition) is 2. The molecule has 0 aliphatic rings. The van der Waals surface area contributed by atoms with Crippen LogP contribution in [0, 0.1) is 0 Å². The highest BCUT2D eigenvalue weighted by atomic mass is 35.5. The van der Waals surface area contributed by atoms with Crippen LogP contribution < -0.4 is 11.1 Å². The standard InChI is InChI=1S/C9H14N2.ClH/c1-8(10)7-11-9-5-3-2-4-6-9;/h2-6,8,11H,7,10H2,1H3;1H/t8-;/m1./s1. The molecule has 0 amide bonds. The lowest BCUT2D eigenvalue weighted by molar-refractivity contribution is 0.780. The predicted molar refractivity (Wildman–Crippen MR) is 55.8 cm³/mol. The van der Waals surface area contributed by atoms with Crippen LogP contribution in [0.3, 0.4) is 0 Å². The van der Waals surface area contributed by atoms with E-state index in [1.807, 2.05) is 37.3 Å². The van der Waals surface area contributed by atoms with Gasteiger partial charge in [-0.15, -0.1) is 12.4 Å². The van der Waals surface area contributed by atoms with Crippen molar-refractivity contribution in [1.29, 1.82) is 0 Å². The number of halogens is 1. The maximum atomic E-state index is 5.58. The lowest BCUT2D eigenvalue weighted by Gasteiger charge is -2.07. The van der Waals surface area contributed by atoms with Gasteiger partial charge in [0, 0.05) is 18.3 Å². The summed E-state index contributed by atoms with van der Waals surface area (Å²) in [5, 5.41) is 3.22. The molecule has 0 heterocycles. The largest absolute Gasteiger partial charge is 0.384 e. The number of rotatable bonds is 3. The number of nitrogens with two attached hydrogens (primary N) is 1. The molecule has 3 heteroatoms. The first-order valence-corrected chi connectivity index (χ1v) is 3.83. The van der Waals surface area contributed by atoms with Crippen molar-refractivity contribution < 1.29 is 0 Å². The molecule has 0 saturated heterocycles. The minimum Gasteiger partial charge on any atom is -0.384 e. The van der Waals surface area contributed by atoms with Gasteiger partial charge in [0.05, 0.1) is 0 Å². The number of nitrogens with one attached hydrogen (secondary N) is 1. The fourth-order valence-corrected chi connectivity index (χ4v) is 0.835. The van der Waals surface area contributed by atoms with Gasteiger partial charge in [-0.25, -0.2) is 0 Å². The van der Waals surface area contributed by atoms with E-state index >= 15 is 0 Å². The van der Waals surface area contributed by atoms with E-state index in [1.54, 1.807) is 0 Å². The fraction of sp³-hybridized carbons (Fsp3) is 0.333. The summed E-state index contributed by atoms with van der Waals surface area (Å²) in [4.78, 5) is 0. The van der Waals surface area contributed by atoms with Gasteiger partial charge in [0.15, 0.2) is 0 Å². The van der Waals surface area contributed by atoms with Crippen molar-refractivity contribution >= 4 is 18.1 Å². The third kappa shape index (κ3) is 4.21. The van der Waals surface area contributed by atoms with Gasteiger partial charge in [-0.3, -0.25) is 0 Å². The first-order valence-electron chi connectivity index (χ1n) is 3.83. The van der Waals surface area contributed by atoms with Gasteiger partial charge in [0.1, 0.15) is 0 Å². The molecular weight excluding hydrogens is 172 g/mol. The highest BCUT2D eigenvalue weighted by Crippen LogP contribution is 2.03. The predicted octanol–water partition coefficient (Wildman–Crippen LogP) is 1.87. The molecule has 0 aliphatic carbocycles. The van der Waals surface area contributed by atoms with Gasteiger partial charge >= 0.3 is 0 Å². The topological polar surface area (TPSA) is 38.0 Å². The van der Waals surface area contributed by atoms with E-state index in [0.717, 1.165) is 12.2 Å². The maximum absolute atomic E-state index is 5.58. The summed E-state index contributed by atoms with van der Waals surface area (Å²) in [5.74, 6) is 0. The van der Waals surface area contributed by atoms with Crippen LogP contribution in [0.2, 0.25) is 0 Å². The molecule has 0 saturated carbocycles. The maximum Gasteiger partial charge on any atom is 0.0340 e. The van der Waals surface area contributed by atoms with Crippen molar-refractivity contribution in [1.82, 2.24) is 0 Å². The lowest BCUT2D eigenvalue weighted by atomic mass is 10.3. The van der Waals surface area contributed by atoms with Crippen LogP contribution in [0.4, 0.5) is 5.69 Å². The average molecular weight is 187 g/mol. The Morgan fingerprint density at radius 3 is 2.42 bits per heavy atom. The molecule has 0 aliphatic heterocycles. The summed E-state index contributed by atoms with van der Waals surface area (Å²) < 4.78 is 0. The van der Waals surface area contributed by atoms with Crippen LogP contribution >= 0.6 is 12.4 Å². The summed E-state index contributed by atoms with van der Waals surface area (Å²) in [6, 6.07) is 10.3. The van der Waals surface area contributed by atoms with E-state index in [1.165, 1.54) is 0 Å². The Kier molecular flexibility index (Phi) is 5.51. The van der Waals surface area contributed by atoms with Gasteiger partial charge in [-0.2, -0.15) is 0 Å². The monoisotopic (exact) mass is 186 g/mol. The Balaban J connectivity index is 0.00000121. The van der Waals surface area contributed by atoms with E-state index in [4.69, 9.17) is 5.73 Å². The van der Waals surface area contributed by atoms with Crippen LogP contribution in [-0.2, 0) is 0 Å².